The van der Waals surface area contributed by atoms with E-state index >= 15 is 0 Å². The molecule has 0 unspecified atom stereocenters. The molecule has 6 atom stereocenters. The predicted octanol–water partition coefficient (Wildman–Crippen LogP) is 2.09. The van der Waals surface area contributed by atoms with Crippen LogP contribution < -0.4 is 4.74 Å². The first kappa shape index (κ1) is 28.7. The summed E-state index contributed by atoms with van der Waals surface area (Å²) in [6, 6.07) is 7.36. The van der Waals surface area contributed by atoms with Gasteiger partial charge in [0.2, 0.25) is 6.29 Å². The Balaban J connectivity index is 2.36. The number of benzene rings is 1. The Hall–Kier alpha value is -1.52. The standard InChI is InChI=1S/C26H42O8/c1-3-5-6-18-32-26(15-8-17-28)24(31)22(30)23(21(29)10-7-16-27)34-25(26)33-20-13-11-19(9-4-2)12-14-20/h4,11-14,21-25,27-31H,2-3,5-10,15-18H2,1H3/t21-,22-,23-,24+,25+,26+/m1/s1. The van der Waals surface area contributed by atoms with Crippen LogP contribution in [0.5, 0.6) is 5.75 Å². The van der Waals surface area contributed by atoms with Gasteiger partial charge in [-0.2, -0.15) is 0 Å². The normalized spacial score (nSPS) is 27.9. The van der Waals surface area contributed by atoms with Gasteiger partial charge >= 0.3 is 0 Å². The Morgan fingerprint density at radius 1 is 1.09 bits per heavy atom. The summed E-state index contributed by atoms with van der Waals surface area (Å²) in [5.41, 5.74) is -0.384. The van der Waals surface area contributed by atoms with Gasteiger partial charge in [0.15, 0.2) is 5.60 Å². The van der Waals surface area contributed by atoms with E-state index in [-0.39, 0.29) is 26.1 Å². The van der Waals surface area contributed by atoms with Crippen molar-refractivity contribution in [2.45, 2.75) is 94.6 Å². The third-order valence-electron chi connectivity index (χ3n) is 6.27. The molecule has 1 aromatic carbocycles. The number of aliphatic hydroxyl groups excluding tert-OH is 5. The third kappa shape index (κ3) is 7.49. The molecule has 0 spiro atoms. The van der Waals surface area contributed by atoms with E-state index in [2.05, 4.69) is 13.5 Å². The monoisotopic (exact) mass is 482 g/mol. The maximum absolute atomic E-state index is 11.3. The molecule has 194 valence electrons. The molecule has 1 aliphatic rings. The average Bonchev–Trinajstić information content (AvgIpc) is 2.84. The molecule has 1 heterocycles. The van der Waals surface area contributed by atoms with Crippen molar-refractivity contribution in [1.82, 2.24) is 0 Å². The molecule has 8 nitrogen and oxygen atoms in total. The zero-order valence-electron chi connectivity index (χ0n) is 20.2. The Bertz CT molecular complexity index is 697. The summed E-state index contributed by atoms with van der Waals surface area (Å²) < 4.78 is 18.5. The summed E-state index contributed by atoms with van der Waals surface area (Å²) in [7, 11) is 0. The molecule has 1 aromatic rings. The van der Waals surface area contributed by atoms with Crippen molar-refractivity contribution in [2.75, 3.05) is 19.8 Å². The lowest BCUT2D eigenvalue weighted by Crippen LogP contribution is -2.70. The molecule has 0 radical (unpaired) electrons. The molecule has 0 bridgehead atoms. The minimum Gasteiger partial charge on any atom is -0.462 e. The molecule has 2 rings (SSSR count). The summed E-state index contributed by atoms with van der Waals surface area (Å²) in [6.45, 7) is 5.90. The minimum absolute atomic E-state index is 0.111. The second-order valence-corrected chi connectivity index (χ2v) is 8.89. The lowest BCUT2D eigenvalue weighted by Gasteiger charge is -2.51. The smallest absolute Gasteiger partial charge is 0.232 e. The largest absolute Gasteiger partial charge is 0.462 e. The van der Waals surface area contributed by atoms with Crippen LogP contribution in [0.15, 0.2) is 36.9 Å². The van der Waals surface area contributed by atoms with E-state index in [1.54, 1.807) is 18.2 Å². The summed E-state index contributed by atoms with van der Waals surface area (Å²) in [5.74, 6) is 0.482. The van der Waals surface area contributed by atoms with E-state index in [1.807, 2.05) is 12.1 Å². The molecule has 0 saturated carbocycles. The predicted molar refractivity (Wildman–Crippen MR) is 129 cm³/mol. The zero-order chi connectivity index (χ0) is 25.0. The Kier molecular flexibility index (Phi) is 12.5. The molecule has 1 aliphatic heterocycles. The fraction of sp³-hybridized carbons (Fsp3) is 0.692. The fourth-order valence-corrected chi connectivity index (χ4v) is 4.31. The number of hydrogen-bond donors (Lipinski definition) is 5. The van der Waals surface area contributed by atoms with Crippen molar-refractivity contribution in [3.8, 4) is 5.75 Å². The SMILES string of the molecule is C=CCc1ccc(O[C@H]2O[C@H]([C@H](O)CCCO)[C@@H](O)[C@H](O)[C@]2(CCCO)OCCCCC)cc1. The van der Waals surface area contributed by atoms with Crippen molar-refractivity contribution < 1.29 is 39.7 Å². The van der Waals surface area contributed by atoms with Gasteiger partial charge in [-0.15, -0.1) is 6.58 Å². The summed E-state index contributed by atoms with van der Waals surface area (Å²) in [5, 5.41) is 51.5. The van der Waals surface area contributed by atoms with Gasteiger partial charge in [0, 0.05) is 19.8 Å². The van der Waals surface area contributed by atoms with Gasteiger partial charge in [0.25, 0.3) is 0 Å². The van der Waals surface area contributed by atoms with Gasteiger partial charge in [0.05, 0.1) is 6.10 Å². The molecule has 1 saturated heterocycles. The van der Waals surface area contributed by atoms with Crippen LogP contribution in [-0.2, 0) is 15.9 Å². The maximum Gasteiger partial charge on any atom is 0.232 e. The van der Waals surface area contributed by atoms with Crippen LogP contribution in [0, 0.1) is 0 Å². The Morgan fingerprint density at radius 3 is 2.41 bits per heavy atom. The Morgan fingerprint density at radius 2 is 1.79 bits per heavy atom. The van der Waals surface area contributed by atoms with Gasteiger partial charge in [-0.3, -0.25) is 0 Å². The van der Waals surface area contributed by atoms with Crippen LogP contribution in [0.25, 0.3) is 0 Å². The number of unbranched alkanes of at least 4 members (excludes halogenated alkanes) is 2. The van der Waals surface area contributed by atoms with Crippen LogP contribution in [0.2, 0.25) is 0 Å². The van der Waals surface area contributed by atoms with Gasteiger partial charge in [-0.25, -0.2) is 0 Å². The molecular weight excluding hydrogens is 440 g/mol. The molecule has 0 aromatic heterocycles. The molecular formula is C26H42O8. The quantitative estimate of drug-likeness (QED) is 0.179. The van der Waals surface area contributed by atoms with Gasteiger partial charge in [-0.1, -0.05) is 38.0 Å². The van der Waals surface area contributed by atoms with E-state index in [0.717, 1.165) is 24.8 Å². The summed E-state index contributed by atoms with van der Waals surface area (Å²) in [6.07, 6.45) is -0.0423. The first-order chi connectivity index (χ1) is 16.4. The minimum atomic E-state index is -1.44. The second kappa shape index (κ2) is 14.8. The lowest BCUT2D eigenvalue weighted by atomic mass is 9.81. The van der Waals surface area contributed by atoms with Crippen molar-refractivity contribution in [3.63, 3.8) is 0 Å². The van der Waals surface area contributed by atoms with Crippen molar-refractivity contribution >= 4 is 0 Å². The lowest BCUT2D eigenvalue weighted by molar-refractivity contribution is -0.342. The van der Waals surface area contributed by atoms with E-state index in [1.165, 1.54) is 0 Å². The van der Waals surface area contributed by atoms with Crippen LogP contribution in [0.4, 0.5) is 0 Å². The number of aliphatic hydroxyl groups is 5. The highest BCUT2D eigenvalue weighted by Gasteiger charge is 2.58. The molecule has 0 aliphatic carbocycles. The van der Waals surface area contributed by atoms with Gasteiger partial charge < -0.3 is 39.7 Å². The third-order valence-corrected chi connectivity index (χ3v) is 6.27. The Labute approximate surface area is 202 Å². The van der Waals surface area contributed by atoms with E-state index in [0.29, 0.717) is 31.6 Å². The van der Waals surface area contributed by atoms with E-state index < -0.39 is 36.3 Å². The molecule has 5 N–H and O–H groups in total. The summed E-state index contributed by atoms with van der Waals surface area (Å²) >= 11 is 0. The number of allylic oxidation sites excluding steroid dienone is 1. The highest BCUT2D eigenvalue weighted by atomic mass is 16.7. The van der Waals surface area contributed by atoms with Gasteiger partial charge in [0.1, 0.15) is 24.1 Å². The molecule has 0 amide bonds. The first-order valence-corrected chi connectivity index (χ1v) is 12.3. The van der Waals surface area contributed by atoms with Crippen LogP contribution in [0.1, 0.15) is 57.4 Å². The fourth-order valence-electron chi connectivity index (χ4n) is 4.31. The van der Waals surface area contributed by atoms with E-state index in [4.69, 9.17) is 19.3 Å². The van der Waals surface area contributed by atoms with Crippen LogP contribution in [0.3, 0.4) is 0 Å². The number of ether oxygens (including phenoxy) is 3. The average molecular weight is 483 g/mol. The number of rotatable bonds is 16. The first-order valence-electron chi connectivity index (χ1n) is 12.3. The highest BCUT2D eigenvalue weighted by Crippen LogP contribution is 2.39. The van der Waals surface area contributed by atoms with Gasteiger partial charge in [-0.05, 0) is 56.2 Å². The van der Waals surface area contributed by atoms with Crippen molar-refractivity contribution in [2.24, 2.45) is 0 Å². The zero-order valence-corrected chi connectivity index (χ0v) is 20.2. The maximum atomic E-state index is 11.3. The van der Waals surface area contributed by atoms with Crippen LogP contribution >= 0.6 is 0 Å². The number of hydrogen-bond acceptors (Lipinski definition) is 8. The van der Waals surface area contributed by atoms with E-state index in [9.17, 15) is 20.4 Å². The highest BCUT2D eigenvalue weighted by molar-refractivity contribution is 5.28. The molecule has 8 heteroatoms. The summed E-state index contributed by atoms with van der Waals surface area (Å²) in [4.78, 5) is 0. The van der Waals surface area contributed by atoms with Crippen LogP contribution in [-0.4, -0.2) is 81.7 Å². The topological polar surface area (TPSA) is 129 Å². The second-order valence-electron chi connectivity index (χ2n) is 8.89. The van der Waals surface area contributed by atoms with Crippen molar-refractivity contribution in [3.05, 3.63) is 42.5 Å². The van der Waals surface area contributed by atoms with Crippen molar-refractivity contribution in [1.29, 1.82) is 0 Å². The molecule has 34 heavy (non-hydrogen) atoms. The molecule has 1 fully saturated rings.